The lowest BCUT2D eigenvalue weighted by molar-refractivity contribution is -0.0133. The lowest BCUT2D eigenvalue weighted by Crippen LogP contribution is -2.19. The fraction of sp³-hybridized carbons (Fsp3) is 0.444. The standard InChI is InChI=1S/C9H12F2N2O/c1-14-8-7(3-2-6-13-8)9(10,11)4-5-12/h2-3,6H,4-5,12H2,1H3. The minimum atomic E-state index is -2.98. The van der Waals surface area contributed by atoms with Gasteiger partial charge in [-0.15, -0.1) is 0 Å². The predicted octanol–water partition coefficient (Wildman–Crippen LogP) is 1.53. The molecule has 1 aromatic rings. The number of nitrogens with two attached hydrogens (primary N) is 1. The molecular weight excluding hydrogens is 190 g/mol. The molecule has 78 valence electrons. The van der Waals surface area contributed by atoms with E-state index in [1.54, 1.807) is 0 Å². The molecule has 2 N–H and O–H groups in total. The highest BCUT2D eigenvalue weighted by molar-refractivity contribution is 5.29. The number of alkyl halides is 2. The molecule has 0 radical (unpaired) electrons. The molecule has 0 saturated carbocycles. The summed E-state index contributed by atoms with van der Waals surface area (Å²) in [5.74, 6) is -3.03. The smallest absolute Gasteiger partial charge is 0.279 e. The molecule has 0 aromatic carbocycles. The molecule has 1 heterocycles. The lowest BCUT2D eigenvalue weighted by atomic mass is 10.1. The van der Waals surface area contributed by atoms with E-state index >= 15 is 0 Å². The van der Waals surface area contributed by atoms with Gasteiger partial charge in [0.1, 0.15) is 0 Å². The second kappa shape index (κ2) is 4.32. The number of pyridine rings is 1. The molecular formula is C9H12F2N2O. The van der Waals surface area contributed by atoms with Gasteiger partial charge in [0.25, 0.3) is 5.92 Å². The number of nitrogens with zero attached hydrogens (tertiary/aromatic N) is 1. The van der Waals surface area contributed by atoms with Crippen molar-refractivity contribution in [2.75, 3.05) is 13.7 Å². The Morgan fingerprint density at radius 3 is 2.86 bits per heavy atom. The number of ether oxygens (including phenoxy) is 1. The number of aromatic nitrogens is 1. The fourth-order valence-electron chi connectivity index (χ4n) is 1.15. The van der Waals surface area contributed by atoms with Crippen LogP contribution in [0.4, 0.5) is 8.78 Å². The van der Waals surface area contributed by atoms with E-state index in [1.165, 1.54) is 25.4 Å². The molecule has 1 aromatic heterocycles. The normalized spacial score (nSPS) is 11.4. The van der Waals surface area contributed by atoms with Crippen LogP contribution in [0.5, 0.6) is 5.88 Å². The van der Waals surface area contributed by atoms with E-state index in [4.69, 9.17) is 10.5 Å². The van der Waals surface area contributed by atoms with Gasteiger partial charge in [-0.3, -0.25) is 0 Å². The summed E-state index contributed by atoms with van der Waals surface area (Å²) < 4.78 is 31.6. The third kappa shape index (κ3) is 2.17. The van der Waals surface area contributed by atoms with Crippen molar-refractivity contribution < 1.29 is 13.5 Å². The van der Waals surface area contributed by atoms with Gasteiger partial charge in [-0.05, 0) is 18.7 Å². The molecule has 0 amide bonds. The first-order valence-corrected chi connectivity index (χ1v) is 4.19. The molecule has 3 nitrogen and oxygen atoms in total. The van der Waals surface area contributed by atoms with Crippen LogP contribution in [0.25, 0.3) is 0 Å². The maximum atomic E-state index is 13.4. The zero-order chi connectivity index (χ0) is 10.6. The maximum Gasteiger partial charge on any atom is 0.279 e. The first-order chi connectivity index (χ1) is 6.61. The van der Waals surface area contributed by atoms with Crippen LogP contribution in [-0.4, -0.2) is 18.6 Å². The maximum absolute atomic E-state index is 13.4. The Bertz CT molecular complexity index is 305. The van der Waals surface area contributed by atoms with Gasteiger partial charge in [0, 0.05) is 12.6 Å². The van der Waals surface area contributed by atoms with Crippen molar-refractivity contribution in [2.45, 2.75) is 12.3 Å². The molecule has 0 aliphatic rings. The summed E-state index contributed by atoms with van der Waals surface area (Å²) in [6.45, 7) is -0.0783. The SMILES string of the molecule is COc1ncccc1C(F)(F)CCN. The van der Waals surface area contributed by atoms with Crippen LogP contribution in [0.2, 0.25) is 0 Å². The average Bonchev–Trinajstić information content (AvgIpc) is 2.18. The van der Waals surface area contributed by atoms with Crippen LogP contribution in [0.15, 0.2) is 18.3 Å². The Morgan fingerprint density at radius 2 is 2.29 bits per heavy atom. The van der Waals surface area contributed by atoms with Gasteiger partial charge in [-0.2, -0.15) is 0 Å². The van der Waals surface area contributed by atoms with Crippen molar-refractivity contribution in [3.05, 3.63) is 23.9 Å². The minimum Gasteiger partial charge on any atom is -0.481 e. The molecule has 0 fully saturated rings. The van der Waals surface area contributed by atoms with E-state index in [0.29, 0.717) is 0 Å². The quantitative estimate of drug-likeness (QED) is 0.805. The summed E-state index contributed by atoms with van der Waals surface area (Å²) in [4.78, 5) is 3.70. The van der Waals surface area contributed by atoms with Gasteiger partial charge < -0.3 is 10.5 Å². The Hall–Kier alpha value is -1.23. The number of rotatable bonds is 4. The number of hydrogen-bond acceptors (Lipinski definition) is 3. The highest BCUT2D eigenvalue weighted by atomic mass is 19.3. The topological polar surface area (TPSA) is 48.1 Å². The van der Waals surface area contributed by atoms with Crippen molar-refractivity contribution in [1.82, 2.24) is 4.98 Å². The van der Waals surface area contributed by atoms with Gasteiger partial charge in [-0.25, -0.2) is 13.8 Å². The van der Waals surface area contributed by atoms with E-state index in [1.807, 2.05) is 0 Å². The molecule has 1 rings (SSSR count). The van der Waals surface area contributed by atoms with E-state index in [2.05, 4.69) is 4.98 Å². The van der Waals surface area contributed by atoms with Crippen molar-refractivity contribution in [1.29, 1.82) is 0 Å². The molecule has 0 atom stereocenters. The van der Waals surface area contributed by atoms with Crippen LogP contribution in [0, 0.1) is 0 Å². The van der Waals surface area contributed by atoms with Gasteiger partial charge in [-0.1, -0.05) is 0 Å². The van der Waals surface area contributed by atoms with Crippen LogP contribution in [0.3, 0.4) is 0 Å². The zero-order valence-corrected chi connectivity index (χ0v) is 7.84. The van der Waals surface area contributed by atoms with E-state index < -0.39 is 12.3 Å². The third-order valence-electron chi connectivity index (χ3n) is 1.82. The van der Waals surface area contributed by atoms with E-state index in [-0.39, 0.29) is 18.0 Å². The Balaban J connectivity index is 3.04. The van der Waals surface area contributed by atoms with Gasteiger partial charge in [0.05, 0.1) is 12.7 Å². The molecule has 0 aliphatic heterocycles. The Kier molecular flexibility index (Phi) is 3.35. The average molecular weight is 202 g/mol. The zero-order valence-electron chi connectivity index (χ0n) is 7.84. The fourth-order valence-corrected chi connectivity index (χ4v) is 1.15. The Labute approximate surface area is 80.9 Å². The minimum absolute atomic E-state index is 0.0500. The van der Waals surface area contributed by atoms with Crippen LogP contribution in [0.1, 0.15) is 12.0 Å². The molecule has 14 heavy (non-hydrogen) atoms. The van der Waals surface area contributed by atoms with Crippen molar-refractivity contribution >= 4 is 0 Å². The first-order valence-electron chi connectivity index (χ1n) is 4.19. The van der Waals surface area contributed by atoms with Crippen molar-refractivity contribution in [3.8, 4) is 5.88 Å². The van der Waals surface area contributed by atoms with Crippen LogP contribution < -0.4 is 10.5 Å². The van der Waals surface area contributed by atoms with Crippen molar-refractivity contribution in [3.63, 3.8) is 0 Å². The second-order valence-electron chi connectivity index (χ2n) is 2.80. The highest BCUT2D eigenvalue weighted by Gasteiger charge is 2.34. The summed E-state index contributed by atoms with van der Waals surface area (Å²) >= 11 is 0. The number of halogens is 2. The van der Waals surface area contributed by atoms with Crippen LogP contribution in [-0.2, 0) is 5.92 Å². The third-order valence-corrected chi connectivity index (χ3v) is 1.82. The van der Waals surface area contributed by atoms with Crippen LogP contribution >= 0.6 is 0 Å². The summed E-state index contributed by atoms with van der Waals surface area (Å²) in [6, 6.07) is 2.74. The molecule has 0 aliphatic carbocycles. The predicted molar refractivity (Wildman–Crippen MR) is 48.4 cm³/mol. The number of hydrogen-bond donors (Lipinski definition) is 1. The lowest BCUT2D eigenvalue weighted by Gasteiger charge is -2.17. The summed E-state index contributed by atoms with van der Waals surface area (Å²) in [5.41, 5.74) is 4.89. The van der Waals surface area contributed by atoms with E-state index in [0.717, 1.165) is 0 Å². The molecule has 0 saturated heterocycles. The molecule has 0 bridgehead atoms. The largest absolute Gasteiger partial charge is 0.481 e. The summed E-state index contributed by atoms with van der Waals surface area (Å²) in [5, 5.41) is 0. The van der Waals surface area contributed by atoms with Gasteiger partial charge >= 0.3 is 0 Å². The Morgan fingerprint density at radius 1 is 1.57 bits per heavy atom. The van der Waals surface area contributed by atoms with Gasteiger partial charge in [0.2, 0.25) is 5.88 Å². The first kappa shape index (κ1) is 10.8. The summed E-state index contributed by atoms with van der Waals surface area (Å²) in [6.07, 6.45) is 0.996. The number of methoxy groups -OCH3 is 1. The van der Waals surface area contributed by atoms with E-state index in [9.17, 15) is 8.78 Å². The summed E-state index contributed by atoms with van der Waals surface area (Å²) in [7, 11) is 1.31. The monoisotopic (exact) mass is 202 g/mol. The van der Waals surface area contributed by atoms with Gasteiger partial charge in [0.15, 0.2) is 0 Å². The molecule has 0 unspecified atom stereocenters. The molecule has 0 spiro atoms. The molecule has 5 heteroatoms. The second-order valence-corrected chi connectivity index (χ2v) is 2.80. The highest BCUT2D eigenvalue weighted by Crippen LogP contribution is 2.35. The van der Waals surface area contributed by atoms with Crippen molar-refractivity contribution in [2.24, 2.45) is 5.73 Å².